The molecule has 140 valence electrons. The molecule has 0 aliphatic rings. The molecule has 1 aromatic carbocycles. The fraction of sp³-hybridized carbons (Fsp3) is 0.286. The van der Waals surface area contributed by atoms with Crippen molar-refractivity contribution >= 4 is 65.3 Å². The Morgan fingerprint density at radius 3 is 2.60 bits per heavy atom. The second-order valence-electron chi connectivity index (χ2n) is 4.78. The highest BCUT2D eigenvalue weighted by atomic mass is 35.5. The Hall–Kier alpha value is -0.700. The van der Waals surface area contributed by atoms with Crippen LogP contribution in [0.4, 0.5) is 8.78 Å². The summed E-state index contributed by atoms with van der Waals surface area (Å²) in [6, 6.07) is 5.02. The maximum atomic E-state index is 13.0. The van der Waals surface area contributed by atoms with Gasteiger partial charge in [0.2, 0.25) is 5.91 Å². The number of nitrogens with zero attached hydrogens (tertiary/aromatic N) is 1. The molecule has 4 nitrogen and oxygen atoms in total. The zero-order valence-corrected chi connectivity index (χ0v) is 16.6. The first-order valence-electron chi connectivity index (χ1n) is 6.55. The lowest BCUT2D eigenvalue weighted by Gasteiger charge is -2.14. The van der Waals surface area contributed by atoms with E-state index in [2.05, 4.69) is 10.3 Å². The van der Waals surface area contributed by atoms with Crippen LogP contribution in [-0.4, -0.2) is 29.9 Å². The zero-order valence-electron chi connectivity index (χ0n) is 12.6. The van der Waals surface area contributed by atoms with Gasteiger partial charge in [-0.1, -0.05) is 23.2 Å². The number of rotatable bonds is 6. The van der Waals surface area contributed by atoms with E-state index in [4.69, 9.17) is 28.9 Å². The van der Waals surface area contributed by atoms with Crippen molar-refractivity contribution in [3.05, 3.63) is 39.3 Å². The molecule has 0 unspecified atom stereocenters. The van der Waals surface area contributed by atoms with E-state index in [0.717, 1.165) is 0 Å². The normalized spacial score (nSPS) is 10.6. The summed E-state index contributed by atoms with van der Waals surface area (Å²) in [4.78, 5) is 16.0. The number of carbonyl (C=O) groups excluding carboxylic acids is 1. The van der Waals surface area contributed by atoms with E-state index >= 15 is 0 Å². The van der Waals surface area contributed by atoms with Gasteiger partial charge in [-0.15, -0.1) is 36.2 Å². The molecule has 0 saturated carbocycles. The average molecular weight is 453 g/mol. The maximum Gasteiger partial charge on any atom is 0.277 e. The van der Waals surface area contributed by atoms with Gasteiger partial charge < -0.3 is 11.1 Å². The van der Waals surface area contributed by atoms with Crippen LogP contribution >= 0.6 is 59.4 Å². The smallest absolute Gasteiger partial charge is 0.277 e. The van der Waals surface area contributed by atoms with Crippen molar-refractivity contribution in [2.24, 2.45) is 5.73 Å². The second kappa shape index (κ2) is 10.4. The minimum atomic E-state index is -3.11. The monoisotopic (exact) mass is 451 g/mol. The number of benzene rings is 1. The first-order valence-corrected chi connectivity index (χ1v) is 8.19. The van der Waals surface area contributed by atoms with Gasteiger partial charge in [-0.25, -0.2) is 13.8 Å². The molecule has 3 N–H and O–H groups in total. The standard InChI is InChI=1S/C14H13Cl2F2N3OS.2ClH/c15-8-1-2-10(11(16)3-8)13-21-9(5-23-13)4-12(22)20-7-14(17,18)6-19;;/h1-3,5H,4,6-7,19H2,(H,20,22);2*1H. The van der Waals surface area contributed by atoms with Crippen LogP contribution < -0.4 is 11.1 Å². The van der Waals surface area contributed by atoms with Crippen molar-refractivity contribution in [1.82, 2.24) is 10.3 Å². The van der Waals surface area contributed by atoms with Crippen molar-refractivity contribution in [2.45, 2.75) is 12.3 Å². The summed E-state index contributed by atoms with van der Waals surface area (Å²) in [5, 5.41) is 5.41. The Labute approximate surface area is 169 Å². The maximum absolute atomic E-state index is 13.0. The minimum absolute atomic E-state index is 0. The third-order valence-corrected chi connectivity index (χ3v) is 4.37. The molecular formula is C14H15Cl4F2N3OS. The summed E-state index contributed by atoms with van der Waals surface area (Å²) < 4.78 is 26.0. The van der Waals surface area contributed by atoms with Crippen molar-refractivity contribution in [3.8, 4) is 10.6 Å². The summed E-state index contributed by atoms with van der Waals surface area (Å²) in [5.74, 6) is -3.66. The lowest BCUT2D eigenvalue weighted by Crippen LogP contribution is -2.42. The number of nitrogens with one attached hydrogen (secondary N) is 1. The van der Waals surface area contributed by atoms with Crippen molar-refractivity contribution in [1.29, 1.82) is 0 Å². The second-order valence-corrected chi connectivity index (χ2v) is 6.48. The number of halogens is 6. The highest BCUT2D eigenvalue weighted by Gasteiger charge is 2.27. The number of thiazole rings is 1. The van der Waals surface area contributed by atoms with Gasteiger partial charge in [0.05, 0.1) is 30.2 Å². The van der Waals surface area contributed by atoms with Crippen LogP contribution in [0.2, 0.25) is 10.0 Å². The molecular weight excluding hydrogens is 438 g/mol. The Balaban J connectivity index is 0.00000288. The highest BCUT2D eigenvalue weighted by Crippen LogP contribution is 2.32. The molecule has 11 heteroatoms. The van der Waals surface area contributed by atoms with Crippen LogP contribution in [-0.2, 0) is 11.2 Å². The third kappa shape index (κ3) is 7.21. The van der Waals surface area contributed by atoms with E-state index in [9.17, 15) is 13.6 Å². The van der Waals surface area contributed by atoms with Gasteiger partial charge >= 0.3 is 0 Å². The number of hydrogen-bond acceptors (Lipinski definition) is 4. The van der Waals surface area contributed by atoms with Crippen LogP contribution in [0.1, 0.15) is 5.69 Å². The van der Waals surface area contributed by atoms with Gasteiger partial charge in [-0.2, -0.15) is 0 Å². The van der Waals surface area contributed by atoms with E-state index in [1.165, 1.54) is 11.3 Å². The first kappa shape index (κ1) is 24.3. The van der Waals surface area contributed by atoms with Gasteiger partial charge in [-0.3, -0.25) is 4.79 Å². The highest BCUT2D eigenvalue weighted by molar-refractivity contribution is 7.13. The van der Waals surface area contributed by atoms with Crippen LogP contribution in [0.5, 0.6) is 0 Å². The van der Waals surface area contributed by atoms with Gasteiger partial charge in [-0.05, 0) is 18.2 Å². The summed E-state index contributed by atoms with van der Waals surface area (Å²) in [6.45, 7) is -1.61. The van der Waals surface area contributed by atoms with Crippen LogP contribution in [0.25, 0.3) is 10.6 Å². The topological polar surface area (TPSA) is 68.0 Å². The molecule has 0 atom stereocenters. The van der Waals surface area contributed by atoms with Crippen molar-refractivity contribution < 1.29 is 13.6 Å². The molecule has 0 fully saturated rings. The van der Waals surface area contributed by atoms with E-state index in [1.807, 2.05) is 0 Å². The van der Waals surface area contributed by atoms with E-state index in [-0.39, 0.29) is 31.2 Å². The van der Waals surface area contributed by atoms with E-state index in [0.29, 0.717) is 26.3 Å². The quantitative estimate of drug-likeness (QED) is 0.689. The van der Waals surface area contributed by atoms with Gasteiger partial charge in [0.25, 0.3) is 5.92 Å². The molecule has 0 bridgehead atoms. The molecule has 25 heavy (non-hydrogen) atoms. The molecule has 1 aromatic heterocycles. The lowest BCUT2D eigenvalue weighted by atomic mass is 10.2. The number of hydrogen-bond donors (Lipinski definition) is 2. The summed E-state index contributed by atoms with van der Waals surface area (Å²) in [6.07, 6.45) is -0.0949. The lowest BCUT2D eigenvalue weighted by molar-refractivity contribution is -0.122. The largest absolute Gasteiger partial charge is 0.350 e. The van der Waals surface area contributed by atoms with Crippen LogP contribution in [0.3, 0.4) is 0 Å². The predicted octanol–water partition coefficient (Wildman–Crippen LogP) is 4.21. The molecule has 0 radical (unpaired) electrons. The molecule has 1 heterocycles. The Bertz CT molecular complexity index is 715. The molecule has 2 aromatic rings. The van der Waals surface area contributed by atoms with E-state index in [1.54, 1.807) is 23.6 Å². The molecule has 0 spiro atoms. The number of alkyl halides is 2. The first-order chi connectivity index (χ1) is 10.8. The predicted molar refractivity (Wildman–Crippen MR) is 103 cm³/mol. The fourth-order valence-corrected chi connectivity index (χ4v) is 3.11. The van der Waals surface area contributed by atoms with Crippen LogP contribution in [0, 0.1) is 0 Å². The zero-order chi connectivity index (χ0) is 17.0. The molecule has 1 amide bonds. The Kier molecular flexibility index (Phi) is 10.2. The van der Waals surface area contributed by atoms with Gasteiger partial charge in [0.1, 0.15) is 5.01 Å². The van der Waals surface area contributed by atoms with Crippen molar-refractivity contribution in [2.75, 3.05) is 13.1 Å². The Morgan fingerprint density at radius 2 is 2.00 bits per heavy atom. The fourth-order valence-electron chi connectivity index (χ4n) is 1.70. The molecule has 2 rings (SSSR count). The number of carbonyl (C=O) groups is 1. The summed E-state index contributed by atoms with van der Waals surface area (Å²) in [7, 11) is 0. The molecule has 0 aliphatic heterocycles. The van der Waals surface area contributed by atoms with Crippen molar-refractivity contribution in [3.63, 3.8) is 0 Å². The SMILES string of the molecule is Cl.Cl.NCC(F)(F)CNC(=O)Cc1csc(-c2ccc(Cl)cc2Cl)n1. The number of aromatic nitrogens is 1. The average Bonchev–Trinajstić information content (AvgIpc) is 2.93. The summed E-state index contributed by atoms with van der Waals surface area (Å²) >= 11 is 13.2. The van der Waals surface area contributed by atoms with E-state index < -0.39 is 24.9 Å². The Morgan fingerprint density at radius 1 is 1.32 bits per heavy atom. The number of nitrogens with two attached hydrogens (primary N) is 1. The minimum Gasteiger partial charge on any atom is -0.350 e. The molecule has 0 saturated heterocycles. The van der Waals surface area contributed by atoms with Gasteiger partial charge in [0, 0.05) is 16.0 Å². The molecule has 0 aliphatic carbocycles. The third-order valence-electron chi connectivity index (χ3n) is 2.90. The summed E-state index contributed by atoms with van der Waals surface area (Å²) in [5.41, 5.74) is 6.08. The van der Waals surface area contributed by atoms with Crippen LogP contribution in [0.15, 0.2) is 23.6 Å². The van der Waals surface area contributed by atoms with Gasteiger partial charge in [0.15, 0.2) is 0 Å². The number of amides is 1.